The summed E-state index contributed by atoms with van der Waals surface area (Å²) in [6.07, 6.45) is 2.41. The first-order valence-corrected chi connectivity index (χ1v) is 11.3. The van der Waals surface area contributed by atoms with Gasteiger partial charge in [-0.2, -0.15) is 0 Å². The van der Waals surface area contributed by atoms with Gasteiger partial charge in [0.25, 0.3) is 0 Å². The van der Waals surface area contributed by atoms with Crippen molar-refractivity contribution in [1.82, 2.24) is 24.4 Å². The van der Waals surface area contributed by atoms with Gasteiger partial charge >= 0.3 is 6.09 Å². The number of likely N-dealkylation sites (tertiary alicyclic amines) is 1. The number of nitrogens with zero attached hydrogens (tertiary/aromatic N) is 5. The normalized spacial score (nSPS) is 16.2. The second kappa shape index (κ2) is 8.08. The number of imidazole rings is 1. The quantitative estimate of drug-likeness (QED) is 0.546. The fourth-order valence-corrected chi connectivity index (χ4v) is 5.13. The van der Waals surface area contributed by atoms with Crippen LogP contribution >= 0.6 is 27.7 Å². The van der Waals surface area contributed by atoms with Crippen molar-refractivity contribution in [2.24, 2.45) is 5.92 Å². The van der Waals surface area contributed by atoms with Gasteiger partial charge in [0.15, 0.2) is 34.0 Å². The van der Waals surface area contributed by atoms with Gasteiger partial charge in [0, 0.05) is 29.0 Å². The minimum Gasteiger partial charge on any atom is -0.465 e. The Morgan fingerprint density at radius 1 is 1.26 bits per heavy atom. The number of nitrogen functional groups attached to an aromatic ring is 1. The van der Waals surface area contributed by atoms with Crippen LogP contribution < -0.4 is 15.2 Å². The second-order valence-corrected chi connectivity index (χ2v) is 9.27. The van der Waals surface area contributed by atoms with E-state index in [1.54, 1.807) is 6.33 Å². The number of ether oxygens (including phenoxy) is 2. The summed E-state index contributed by atoms with van der Waals surface area (Å²) < 4.78 is 13.7. The van der Waals surface area contributed by atoms with Gasteiger partial charge in [-0.15, -0.1) is 0 Å². The number of carboxylic acid groups (broad SMARTS) is 1. The van der Waals surface area contributed by atoms with Crippen molar-refractivity contribution in [3.8, 4) is 23.0 Å². The van der Waals surface area contributed by atoms with E-state index in [1.807, 2.05) is 16.7 Å². The van der Waals surface area contributed by atoms with Crippen molar-refractivity contribution in [2.75, 3.05) is 25.6 Å². The molecule has 1 amide bonds. The van der Waals surface area contributed by atoms with Crippen molar-refractivity contribution in [3.05, 3.63) is 22.9 Å². The Balaban J connectivity index is 1.38. The number of hydrogen-bond acceptors (Lipinski definition) is 8. The van der Waals surface area contributed by atoms with Crippen molar-refractivity contribution < 1.29 is 19.4 Å². The Bertz CT molecular complexity index is 1120. The van der Waals surface area contributed by atoms with E-state index in [1.165, 1.54) is 16.7 Å². The molecule has 10 nitrogen and oxygen atoms in total. The summed E-state index contributed by atoms with van der Waals surface area (Å²) in [4.78, 5) is 27.1. The Hall–Kier alpha value is -2.73. The van der Waals surface area contributed by atoms with E-state index in [0.29, 0.717) is 59.5 Å². The Labute approximate surface area is 190 Å². The van der Waals surface area contributed by atoms with Crippen LogP contribution in [-0.4, -0.2) is 55.5 Å². The van der Waals surface area contributed by atoms with E-state index >= 15 is 0 Å². The number of rotatable bonds is 4. The van der Waals surface area contributed by atoms with Crippen molar-refractivity contribution in [1.29, 1.82) is 0 Å². The molecule has 4 heterocycles. The Morgan fingerprint density at radius 3 is 2.74 bits per heavy atom. The third-order valence-corrected chi connectivity index (χ3v) is 7.28. The molecule has 1 aromatic carbocycles. The first kappa shape index (κ1) is 20.2. The molecule has 1 saturated heterocycles. The standard InChI is InChI=1S/C19H19BrN6O4S/c20-11-5-12-13(30-9-29-12)6-14(11)31-18-23-15-16(21)22-8-26(17(15)24-18)7-10-1-3-25(4-2-10)19(27)28/h5-6,8,10H,1-4,7,9,21H2,(H,27,28). The average Bonchev–Trinajstić information content (AvgIpc) is 3.38. The van der Waals surface area contributed by atoms with Gasteiger partial charge in [-0.25, -0.2) is 19.7 Å². The maximum absolute atomic E-state index is 11.1. The summed E-state index contributed by atoms with van der Waals surface area (Å²) in [5.74, 6) is 2.73. The lowest BCUT2D eigenvalue weighted by Crippen LogP contribution is -2.38. The molecular formula is C19H19BrN6O4S. The highest BCUT2D eigenvalue weighted by Crippen LogP contribution is 2.43. The minimum absolute atomic E-state index is 0.209. The average molecular weight is 507 g/mol. The number of hydrogen-bond donors (Lipinski definition) is 2. The van der Waals surface area contributed by atoms with Crippen LogP contribution in [0, 0.1) is 5.92 Å². The zero-order valence-electron chi connectivity index (χ0n) is 16.3. The lowest BCUT2D eigenvalue weighted by molar-refractivity contribution is 0.121. The van der Waals surface area contributed by atoms with Gasteiger partial charge in [0.1, 0.15) is 0 Å². The van der Waals surface area contributed by atoms with Gasteiger partial charge in [-0.1, -0.05) is 0 Å². The van der Waals surface area contributed by atoms with Gasteiger partial charge < -0.3 is 29.8 Å². The molecule has 162 valence electrons. The van der Waals surface area contributed by atoms with Crippen molar-refractivity contribution in [3.63, 3.8) is 0 Å². The molecule has 0 atom stereocenters. The zero-order chi connectivity index (χ0) is 21.5. The van der Waals surface area contributed by atoms with E-state index < -0.39 is 6.09 Å². The smallest absolute Gasteiger partial charge is 0.407 e. The molecule has 0 radical (unpaired) electrons. The number of aromatic nitrogens is 4. The highest BCUT2D eigenvalue weighted by atomic mass is 79.9. The summed E-state index contributed by atoms with van der Waals surface area (Å²) in [6.45, 7) is 1.98. The number of benzene rings is 1. The first-order valence-electron chi connectivity index (χ1n) is 9.71. The van der Waals surface area contributed by atoms with Crippen molar-refractivity contribution >= 4 is 39.6 Å². The number of piperidine rings is 1. The molecule has 5 rings (SSSR count). The number of amides is 1. The summed E-state index contributed by atoms with van der Waals surface area (Å²) in [7, 11) is 0. The molecule has 31 heavy (non-hydrogen) atoms. The molecule has 0 aromatic heterocycles. The monoisotopic (exact) mass is 506 g/mol. The maximum atomic E-state index is 11.1. The topological polar surface area (TPSA) is 129 Å². The molecule has 0 bridgehead atoms. The number of anilines is 1. The Morgan fingerprint density at radius 2 is 2.00 bits per heavy atom. The van der Waals surface area contributed by atoms with Crippen LogP contribution in [0.2, 0.25) is 0 Å². The van der Waals surface area contributed by atoms with E-state index in [0.717, 1.165) is 22.2 Å². The van der Waals surface area contributed by atoms with E-state index in [2.05, 4.69) is 25.9 Å². The fraction of sp³-hybridized carbons (Fsp3) is 0.368. The third-order valence-electron chi connectivity index (χ3n) is 5.44. The molecule has 0 spiro atoms. The molecule has 12 heteroatoms. The first-order chi connectivity index (χ1) is 15.0. The SMILES string of the molecule is Nc1ncn(CC2CCN(C(=O)O)CC2)c2nc(Sc3cc4c(cc3Br)OCO4)nc1-2. The lowest BCUT2D eigenvalue weighted by atomic mass is 9.97. The minimum atomic E-state index is -0.860. The van der Waals surface area contributed by atoms with Crippen LogP contribution in [0.4, 0.5) is 10.6 Å². The van der Waals surface area contributed by atoms with Crippen LogP contribution in [0.25, 0.3) is 11.5 Å². The van der Waals surface area contributed by atoms with E-state index in [9.17, 15) is 4.79 Å². The summed E-state index contributed by atoms with van der Waals surface area (Å²) in [5, 5.41) is 9.70. The lowest BCUT2D eigenvalue weighted by Gasteiger charge is -2.30. The molecule has 4 aliphatic rings. The van der Waals surface area contributed by atoms with Crippen LogP contribution in [0.5, 0.6) is 11.5 Å². The molecule has 1 fully saturated rings. The summed E-state index contributed by atoms with van der Waals surface area (Å²) >= 11 is 4.96. The molecule has 4 aliphatic heterocycles. The van der Waals surface area contributed by atoms with Gasteiger partial charge in [0.2, 0.25) is 6.79 Å². The maximum Gasteiger partial charge on any atom is 0.407 e. The molecule has 0 saturated carbocycles. The van der Waals surface area contributed by atoms with Crippen molar-refractivity contribution in [2.45, 2.75) is 29.4 Å². The van der Waals surface area contributed by atoms with Gasteiger partial charge in [0.05, 0.1) is 6.33 Å². The third kappa shape index (κ3) is 3.97. The molecule has 0 unspecified atom stereocenters. The van der Waals surface area contributed by atoms with Gasteiger partial charge in [-0.05, 0) is 58.6 Å². The van der Waals surface area contributed by atoms with E-state index in [-0.39, 0.29) is 6.79 Å². The largest absolute Gasteiger partial charge is 0.465 e. The molecular weight excluding hydrogens is 488 g/mol. The zero-order valence-corrected chi connectivity index (χ0v) is 18.7. The number of fused-ring (bicyclic) bond motifs is 2. The molecule has 1 aromatic rings. The second-order valence-electron chi connectivity index (χ2n) is 7.41. The molecule has 0 aliphatic carbocycles. The number of halogens is 1. The molecule has 3 N–H and O–H groups in total. The number of nitrogens with two attached hydrogens (primary N) is 1. The van der Waals surface area contributed by atoms with Crippen LogP contribution in [0.3, 0.4) is 0 Å². The Kier molecular flexibility index (Phi) is 5.26. The highest BCUT2D eigenvalue weighted by molar-refractivity contribution is 9.10. The fourth-order valence-electron chi connectivity index (χ4n) is 3.77. The van der Waals surface area contributed by atoms with Gasteiger partial charge in [-0.3, -0.25) is 0 Å². The predicted molar refractivity (Wildman–Crippen MR) is 116 cm³/mol. The van der Waals surface area contributed by atoms with Crippen LogP contribution in [-0.2, 0) is 6.54 Å². The summed E-state index contributed by atoms with van der Waals surface area (Å²) in [5.41, 5.74) is 6.63. The highest BCUT2D eigenvalue weighted by Gasteiger charge is 2.26. The summed E-state index contributed by atoms with van der Waals surface area (Å²) in [6, 6.07) is 3.76. The van der Waals surface area contributed by atoms with Crippen LogP contribution in [0.15, 0.2) is 33.0 Å². The van der Waals surface area contributed by atoms with Crippen LogP contribution in [0.1, 0.15) is 12.8 Å². The predicted octanol–water partition coefficient (Wildman–Crippen LogP) is 3.39. The van der Waals surface area contributed by atoms with E-state index in [4.69, 9.17) is 25.3 Å². The number of carbonyl (C=O) groups is 1.